The molecular weight excluding hydrogens is 243 g/mol. The van der Waals surface area contributed by atoms with Crippen LogP contribution in [0.1, 0.15) is 25.1 Å². The molecule has 0 fully saturated rings. The summed E-state index contributed by atoms with van der Waals surface area (Å²) in [4.78, 5) is 17.2. The van der Waals surface area contributed by atoms with Crippen LogP contribution in [0.15, 0.2) is 18.2 Å². The topological polar surface area (TPSA) is 36.1 Å². The van der Waals surface area contributed by atoms with Gasteiger partial charge in [-0.2, -0.15) is 0 Å². The largest absolute Gasteiger partial charge is 0.357 e. The van der Waals surface area contributed by atoms with E-state index in [4.69, 9.17) is 0 Å². The molecular formula is C15H17FN2O. The Morgan fingerprint density at radius 2 is 2.21 bits per heavy atom. The lowest BCUT2D eigenvalue weighted by Crippen LogP contribution is -2.38. The highest BCUT2D eigenvalue weighted by Crippen LogP contribution is 2.28. The van der Waals surface area contributed by atoms with Crippen molar-refractivity contribution in [2.24, 2.45) is 5.92 Å². The van der Waals surface area contributed by atoms with Gasteiger partial charge in [0.1, 0.15) is 5.82 Å². The molecule has 0 radical (unpaired) electrons. The summed E-state index contributed by atoms with van der Waals surface area (Å²) in [6.07, 6.45) is 0.789. The predicted molar refractivity (Wildman–Crippen MR) is 72.2 cm³/mol. The van der Waals surface area contributed by atoms with Crippen LogP contribution in [0.2, 0.25) is 0 Å². The van der Waals surface area contributed by atoms with Crippen LogP contribution in [-0.2, 0) is 17.8 Å². The zero-order chi connectivity index (χ0) is 13.6. The summed E-state index contributed by atoms with van der Waals surface area (Å²) < 4.78 is 13.3. The minimum absolute atomic E-state index is 0.0170. The molecule has 100 valence electrons. The van der Waals surface area contributed by atoms with Crippen LogP contribution in [0.4, 0.5) is 4.39 Å². The summed E-state index contributed by atoms with van der Waals surface area (Å²) in [5, 5.41) is 0.951. The third-order valence-electron chi connectivity index (χ3n) is 3.74. The number of aromatic amines is 1. The number of nitrogens with one attached hydrogen (secondary N) is 1. The molecule has 0 atom stereocenters. The maximum absolute atomic E-state index is 13.3. The van der Waals surface area contributed by atoms with E-state index in [0.717, 1.165) is 28.6 Å². The van der Waals surface area contributed by atoms with Gasteiger partial charge in [0, 0.05) is 29.1 Å². The second-order valence-electron chi connectivity index (χ2n) is 5.44. The van der Waals surface area contributed by atoms with Crippen molar-refractivity contribution in [1.29, 1.82) is 0 Å². The summed E-state index contributed by atoms with van der Waals surface area (Å²) in [6, 6.07) is 4.80. The van der Waals surface area contributed by atoms with E-state index in [-0.39, 0.29) is 17.6 Å². The summed E-state index contributed by atoms with van der Waals surface area (Å²) in [5.41, 5.74) is 3.15. The van der Waals surface area contributed by atoms with Crippen molar-refractivity contribution in [3.05, 3.63) is 35.3 Å². The molecule has 1 amide bonds. The van der Waals surface area contributed by atoms with E-state index in [0.29, 0.717) is 13.1 Å². The van der Waals surface area contributed by atoms with E-state index in [9.17, 15) is 9.18 Å². The number of hydrogen-bond acceptors (Lipinski definition) is 1. The van der Waals surface area contributed by atoms with Crippen LogP contribution in [0.5, 0.6) is 0 Å². The Morgan fingerprint density at radius 3 is 2.95 bits per heavy atom. The molecule has 19 heavy (non-hydrogen) atoms. The second kappa shape index (κ2) is 4.37. The average Bonchev–Trinajstić information content (AvgIpc) is 2.74. The van der Waals surface area contributed by atoms with E-state index in [1.807, 2.05) is 18.7 Å². The maximum atomic E-state index is 13.3. The highest BCUT2D eigenvalue weighted by Gasteiger charge is 2.25. The number of carbonyl (C=O) groups excluding carboxylic acids is 1. The lowest BCUT2D eigenvalue weighted by Gasteiger charge is -2.28. The minimum atomic E-state index is -0.213. The van der Waals surface area contributed by atoms with Crippen molar-refractivity contribution in [3.63, 3.8) is 0 Å². The fraction of sp³-hybridized carbons (Fsp3) is 0.400. The summed E-state index contributed by atoms with van der Waals surface area (Å²) in [5.74, 6) is -0.0196. The number of H-pyrrole nitrogens is 1. The Labute approximate surface area is 111 Å². The van der Waals surface area contributed by atoms with Crippen molar-refractivity contribution in [2.75, 3.05) is 6.54 Å². The number of nitrogens with zero attached hydrogens (tertiary/aromatic N) is 1. The molecule has 0 bridgehead atoms. The lowest BCUT2D eigenvalue weighted by atomic mass is 10.0. The Kier molecular flexibility index (Phi) is 2.81. The van der Waals surface area contributed by atoms with Crippen molar-refractivity contribution < 1.29 is 9.18 Å². The van der Waals surface area contributed by atoms with Crippen molar-refractivity contribution >= 4 is 16.8 Å². The average molecular weight is 260 g/mol. The lowest BCUT2D eigenvalue weighted by molar-refractivity contribution is -0.135. The number of halogens is 1. The maximum Gasteiger partial charge on any atom is 0.225 e. The number of rotatable bonds is 1. The van der Waals surface area contributed by atoms with Crippen LogP contribution in [0, 0.1) is 11.7 Å². The summed E-state index contributed by atoms with van der Waals surface area (Å²) in [7, 11) is 0. The minimum Gasteiger partial charge on any atom is -0.357 e. The first-order valence-electron chi connectivity index (χ1n) is 6.64. The molecule has 2 aromatic rings. The number of benzene rings is 1. The standard InChI is InChI=1S/C15H17FN2O/c1-9(2)15(19)18-6-5-11-12-7-10(16)3-4-13(12)17-14(11)8-18/h3-4,7,9,17H,5-6,8H2,1-2H3. The molecule has 1 aromatic heterocycles. The molecule has 0 aliphatic carbocycles. The van der Waals surface area contributed by atoms with Crippen LogP contribution in [-0.4, -0.2) is 22.3 Å². The van der Waals surface area contributed by atoms with Gasteiger partial charge in [-0.25, -0.2) is 4.39 Å². The van der Waals surface area contributed by atoms with E-state index < -0.39 is 0 Å². The van der Waals surface area contributed by atoms with Gasteiger partial charge in [0.25, 0.3) is 0 Å². The predicted octanol–water partition coefficient (Wildman–Crippen LogP) is 2.85. The van der Waals surface area contributed by atoms with Crippen LogP contribution < -0.4 is 0 Å². The molecule has 3 nitrogen and oxygen atoms in total. The number of aromatic nitrogens is 1. The fourth-order valence-electron chi connectivity index (χ4n) is 2.77. The molecule has 0 spiro atoms. The number of amides is 1. The zero-order valence-electron chi connectivity index (χ0n) is 11.2. The molecule has 4 heteroatoms. The Balaban J connectivity index is 1.98. The van der Waals surface area contributed by atoms with Crippen molar-refractivity contribution in [1.82, 2.24) is 9.88 Å². The SMILES string of the molecule is CC(C)C(=O)N1CCc2c([nH]c3ccc(F)cc23)C1. The fourth-order valence-corrected chi connectivity index (χ4v) is 2.77. The molecule has 0 saturated heterocycles. The van der Waals surface area contributed by atoms with Gasteiger partial charge >= 0.3 is 0 Å². The van der Waals surface area contributed by atoms with Crippen molar-refractivity contribution in [2.45, 2.75) is 26.8 Å². The van der Waals surface area contributed by atoms with Gasteiger partial charge in [0.2, 0.25) is 5.91 Å². The van der Waals surface area contributed by atoms with E-state index in [1.54, 1.807) is 12.1 Å². The van der Waals surface area contributed by atoms with Gasteiger partial charge in [-0.1, -0.05) is 13.8 Å². The van der Waals surface area contributed by atoms with Gasteiger partial charge in [0.05, 0.1) is 6.54 Å². The molecule has 2 heterocycles. The van der Waals surface area contributed by atoms with Gasteiger partial charge in [-0.05, 0) is 30.2 Å². The van der Waals surface area contributed by atoms with Gasteiger partial charge < -0.3 is 9.88 Å². The monoisotopic (exact) mass is 260 g/mol. The first-order chi connectivity index (χ1) is 9.06. The first kappa shape index (κ1) is 12.2. The van der Waals surface area contributed by atoms with E-state index in [1.165, 1.54) is 6.07 Å². The van der Waals surface area contributed by atoms with Gasteiger partial charge in [-0.3, -0.25) is 4.79 Å². The summed E-state index contributed by atoms with van der Waals surface area (Å²) >= 11 is 0. The van der Waals surface area contributed by atoms with E-state index in [2.05, 4.69) is 4.98 Å². The second-order valence-corrected chi connectivity index (χ2v) is 5.44. The Morgan fingerprint density at radius 1 is 1.42 bits per heavy atom. The first-order valence-corrected chi connectivity index (χ1v) is 6.64. The Bertz CT molecular complexity index is 645. The summed E-state index contributed by atoms with van der Waals surface area (Å²) in [6.45, 7) is 5.15. The molecule has 1 aliphatic rings. The molecule has 1 aromatic carbocycles. The third kappa shape index (κ3) is 2.01. The normalized spacial score (nSPS) is 15.1. The number of carbonyl (C=O) groups is 1. The van der Waals surface area contributed by atoms with Crippen LogP contribution >= 0.6 is 0 Å². The number of fused-ring (bicyclic) bond motifs is 3. The third-order valence-corrected chi connectivity index (χ3v) is 3.74. The highest BCUT2D eigenvalue weighted by atomic mass is 19.1. The smallest absolute Gasteiger partial charge is 0.225 e. The highest BCUT2D eigenvalue weighted by molar-refractivity contribution is 5.86. The molecule has 0 saturated carbocycles. The molecule has 0 unspecified atom stereocenters. The Hall–Kier alpha value is -1.84. The van der Waals surface area contributed by atoms with Gasteiger partial charge in [-0.15, -0.1) is 0 Å². The number of hydrogen-bond donors (Lipinski definition) is 1. The van der Waals surface area contributed by atoms with Gasteiger partial charge in [0.15, 0.2) is 0 Å². The molecule has 1 aliphatic heterocycles. The van der Waals surface area contributed by atoms with Crippen LogP contribution in [0.25, 0.3) is 10.9 Å². The molecule has 3 rings (SSSR count). The van der Waals surface area contributed by atoms with Crippen molar-refractivity contribution in [3.8, 4) is 0 Å². The quantitative estimate of drug-likeness (QED) is 0.841. The zero-order valence-corrected chi connectivity index (χ0v) is 11.2. The van der Waals surface area contributed by atoms with Crippen LogP contribution in [0.3, 0.4) is 0 Å². The molecule has 1 N–H and O–H groups in total. The van der Waals surface area contributed by atoms with E-state index >= 15 is 0 Å².